The second-order valence-electron chi connectivity index (χ2n) is 3.76. The number of carbonyl (C=O) groups is 1. The van der Waals surface area contributed by atoms with Gasteiger partial charge >= 0.3 is 0 Å². The summed E-state index contributed by atoms with van der Waals surface area (Å²) in [7, 11) is -3.35. The van der Waals surface area contributed by atoms with Crippen molar-refractivity contribution in [1.29, 1.82) is 5.26 Å². The van der Waals surface area contributed by atoms with Crippen LogP contribution in [0.15, 0.2) is 41.0 Å². The van der Waals surface area contributed by atoms with Crippen LogP contribution in [0.25, 0.3) is 0 Å². The van der Waals surface area contributed by atoms with Gasteiger partial charge in [-0.2, -0.15) is 5.26 Å². The number of sulfone groups is 1. The van der Waals surface area contributed by atoms with E-state index in [1.54, 1.807) is 6.07 Å². The van der Waals surface area contributed by atoms with E-state index in [-0.39, 0.29) is 22.8 Å². The number of hydrogen-bond donors (Lipinski definition) is 2. The first-order valence-electron chi connectivity index (χ1n) is 5.20. The van der Waals surface area contributed by atoms with Crippen LogP contribution in [-0.4, -0.2) is 25.7 Å². The van der Waals surface area contributed by atoms with Gasteiger partial charge in [0.1, 0.15) is 5.76 Å². The number of rotatable bonds is 4. The van der Waals surface area contributed by atoms with Crippen molar-refractivity contribution in [2.24, 2.45) is 0 Å². The number of amides is 1. The van der Waals surface area contributed by atoms with Crippen LogP contribution in [-0.2, 0) is 14.6 Å². The highest BCUT2D eigenvalue weighted by Gasteiger charge is 2.08. The fourth-order valence-electron chi connectivity index (χ4n) is 1.27. The zero-order valence-corrected chi connectivity index (χ0v) is 10.9. The Morgan fingerprint density at radius 2 is 2.21 bits per heavy atom. The first kappa shape index (κ1) is 14.7. The van der Waals surface area contributed by atoms with Gasteiger partial charge in [-0.25, -0.2) is 8.42 Å². The van der Waals surface area contributed by atoms with Gasteiger partial charge in [-0.3, -0.25) is 4.79 Å². The van der Waals surface area contributed by atoms with Gasteiger partial charge in [0.2, 0.25) is 0 Å². The molecule has 0 aromatic heterocycles. The maximum absolute atomic E-state index is 11.5. The van der Waals surface area contributed by atoms with Gasteiger partial charge in [-0.1, -0.05) is 6.07 Å². The molecular formula is C12H12N2O4S. The Labute approximate surface area is 110 Å². The van der Waals surface area contributed by atoms with Gasteiger partial charge in [0.25, 0.3) is 5.91 Å². The Kier molecular flexibility index (Phi) is 4.67. The molecule has 0 heterocycles. The molecule has 0 saturated heterocycles. The van der Waals surface area contributed by atoms with E-state index in [0.29, 0.717) is 0 Å². The number of nitrogens with one attached hydrogen (secondary N) is 1. The molecule has 0 radical (unpaired) electrons. The van der Waals surface area contributed by atoms with Gasteiger partial charge in [-0.15, -0.1) is 0 Å². The summed E-state index contributed by atoms with van der Waals surface area (Å²) in [4.78, 5) is 11.5. The number of allylic oxidation sites excluding steroid dienone is 1. The highest BCUT2D eigenvalue weighted by Crippen LogP contribution is 2.15. The molecule has 100 valence electrons. The van der Waals surface area contributed by atoms with Gasteiger partial charge in [-0.05, 0) is 18.2 Å². The standard InChI is InChI=1S/C12H12N2O4S/c1-19(17,18)11-4-2-3-9(7-11)14-12(16)8-10(15)5-6-13/h2-4,7-8,15H,5H2,1H3,(H,14,16)/b10-8-. The van der Waals surface area contributed by atoms with Crippen LogP contribution < -0.4 is 5.32 Å². The summed E-state index contributed by atoms with van der Waals surface area (Å²) in [6, 6.07) is 7.41. The van der Waals surface area contributed by atoms with Crippen molar-refractivity contribution in [3.63, 3.8) is 0 Å². The van der Waals surface area contributed by atoms with E-state index in [2.05, 4.69) is 5.32 Å². The van der Waals surface area contributed by atoms with Crippen LogP contribution in [0.5, 0.6) is 0 Å². The molecule has 19 heavy (non-hydrogen) atoms. The average Bonchev–Trinajstić information content (AvgIpc) is 2.28. The van der Waals surface area contributed by atoms with Crippen molar-refractivity contribution in [3.8, 4) is 6.07 Å². The molecule has 1 amide bonds. The molecule has 0 saturated carbocycles. The molecule has 6 nitrogen and oxygen atoms in total. The fraction of sp³-hybridized carbons (Fsp3) is 0.167. The van der Waals surface area contributed by atoms with Crippen molar-refractivity contribution in [2.45, 2.75) is 11.3 Å². The summed E-state index contributed by atoms with van der Waals surface area (Å²) in [5.74, 6) is -1.00. The Bertz CT molecular complexity index is 657. The molecule has 0 aliphatic rings. The van der Waals surface area contributed by atoms with Gasteiger partial charge in [0.15, 0.2) is 9.84 Å². The second kappa shape index (κ2) is 6.02. The molecule has 1 rings (SSSR count). The number of nitriles is 1. The first-order valence-corrected chi connectivity index (χ1v) is 7.09. The van der Waals surface area contributed by atoms with Crippen LogP contribution in [0, 0.1) is 11.3 Å². The molecule has 0 aliphatic heterocycles. The molecule has 0 fully saturated rings. The zero-order valence-electron chi connectivity index (χ0n) is 10.1. The van der Waals surface area contributed by atoms with E-state index in [1.165, 1.54) is 24.3 Å². The lowest BCUT2D eigenvalue weighted by Gasteiger charge is -2.04. The Morgan fingerprint density at radius 3 is 2.79 bits per heavy atom. The van der Waals surface area contributed by atoms with E-state index < -0.39 is 15.7 Å². The number of anilines is 1. The van der Waals surface area contributed by atoms with E-state index in [1.807, 2.05) is 0 Å². The summed E-state index contributed by atoms with van der Waals surface area (Å²) in [6.45, 7) is 0. The summed E-state index contributed by atoms with van der Waals surface area (Å²) in [5, 5.41) is 19.9. The lowest BCUT2D eigenvalue weighted by atomic mass is 10.3. The highest BCUT2D eigenvalue weighted by atomic mass is 32.2. The van der Waals surface area contributed by atoms with Crippen LogP contribution in [0.1, 0.15) is 6.42 Å². The molecule has 1 aromatic rings. The lowest BCUT2D eigenvalue weighted by molar-refractivity contribution is -0.112. The molecule has 0 spiro atoms. The van der Waals surface area contributed by atoms with Crippen LogP contribution >= 0.6 is 0 Å². The minimum Gasteiger partial charge on any atom is -0.511 e. The third-order valence-electron chi connectivity index (χ3n) is 2.09. The SMILES string of the molecule is CS(=O)(=O)c1cccc(NC(=O)/C=C(\O)CC#N)c1. The van der Waals surface area contributed by atoms with Gasteiger partial charge in [0, 0.05) is 18.0 Å². The van der Waals surface area contributed by atoms with Gasteiger partial charge < -0.3 is 10.4 Å². The smallest absolute Gasteiger partial charge is 0.251 e. The first-order chi connectivity index (χ1) is 8.82. The number of nitrogens with zero attached hydrogens (tertiary/aromatic N) is 1. The fourth-order valence-corrected chi connectivity index (χ4v) is 1.93. The van der Waals surface area contributed by atoms with Crippen molar-refractivity contribution >= 4 is 21.4 Å². The summed E-state index contributed by atoms with van der Waals surface area (Å²) >= 11 is 0. The maximum Gasteiger partial charge on any atom is 0.251 e. The number of carbonyl (C=O) groups excluding carboxylic acids is 1. The van der Waals surface area contributed by atoms with E-state index in [4.69, 9.17) is 10.4 Å². The van der Waals surface area contributed by atoms with E-state index >= 15 is 0 Å². The normalized spacial score (nSPS) is 11.7. The van der Waals surface area contributed by atoms with Crippen molar-refractivity contribution in [1.82, 2.24) is 0 Å². The molecule has 0 atom stereocenters. The Balaban J connectivity index is 2.87. The number of hydrogen-bond acceptors (Lipinski definition) is 5. The zero-order chi connectivity index (χ0) is 14.5. The number of aliphatic hydroxyl groups is 1. The number of aliphatic hydroxyl groups excluding tert-OH is 1. The van der Waals surface area contributed by atoms with Crippen LogP contribution in [0.3, 0.4) is 0 Å². The molecular weight excluding hydrogens is 268 g/mol. The number of benzene rings is 1. The molecule has 7 heteroatoms. The van der Waals surface area contributed by atoms with Crippen molar-refractivity contribution in [3.05, 3.63) is 36.1 Å². The third-order valence-corrected chi connectivity index (χ3v) is 3.20. The molecule has 1 aromatic carbocycles. The minimum absolute atomic E-state index is 0.0792. The maximum atomic E-state index is 11.5. The topological polar surface area (TPSA) is 107 Å². The third kappa shape index (κ3) is 4.81. The molecule has 0 aliphatic carbocycles. The minimum atomic E-state index is -3.35. The Morgan fingerprint density at radius 1 is 1.53 bits per heavy atom. The van der Waals surface area contributed by atoms with Gasteiger partial charge in [0.05, 0.1) is 17.4 Å². The Hall–Kier alpha value is -2.33. The van der Waals surface area contributed by atoms with Crippen LogP contribution in [0.2, 0.25) is 0 Å². The monoisotopic (exact) mass is 280 g/mol. The summed E-state index contributed by atoms with van der Waals surface area (Å²) < 4.78 is 22.7. The predicted molar refractivity (Wildman–Crippen MR) is 69.1 cm³/mol. The molecule has 2 N–H and O–H groups in total. The summed E-state index contributed by atoms with van der Waals surface area (Å²) in [5.41, 5.74) is 0.286. The second-order valence-corrected chi connectivity index (χ2v) is 5.78. The lowest BCUT2D eigenvalue weighted by Crippen LogP contribution is -2.09. The highest BCUT2D eigenvalue weighted by molar-refractivity contribution is 7.90. The average molecular weight is 280 g/mol. The van der Waals surface area contributed by atoms with E-state index in [0.717, 1.165) is 12.3 Å². The predicted octanol–water partition coefficient (Wildman–Crippen LogP) is 1.38. The quantitative estimate of drug-likeness (QED) is 0.640. The van der Waals surface area contributed by atoms with Crippen molar-refractivity contribution in [2.75, 3.05) is 11.6 Å². The molecule has 0 unspecified atom stereocenters. The summed E-state index contributed by atoms with van der Waals surface area (Å²) in [6.07, 6.45) is 1.67. The van der Waals surface area contributed by atoms with Crippen LogP contribution in [0.4, 0.5) is 5.69 Å². The van der Waals surface area contributed by atoms with Crippen molar-refractivity contribution < 1.29 is 18.3 Å². The van der Waals surface area contributed by atoms with E-state index in [9.17, 15) is 13.2 Å². The largest absolute Gasteiger partial charge is 0.511 e. The molecule has 0 bridgehead atoms.